The molecule has 1 aromatic rings. The Balaban J connectivity index is 2.22. The molecule has 0 saturated carbocycles. The summed E-state index contributed by atoms with van der Waals surface area (Å²) in [6.07, 6.45) is 1.21. The molecule has 0 bridgehead atoms. The van der Waals surface area contributed by atoms with Crippen LogP contribution in [0.25, 0.3) is 0 Å². The average Bonchev–Trinajstić information content (AvgIpc) is 2.39. The number of nitrogens with one attached hydrogen (secondary N) is 1. The molecule has 6 heteroatoms. The molecule has 1 saturated heterocycles. The first-order chi connectivity index (χ1) is 9.00. The lowest BCUT2D eigenvalue weighted by Gasteiger charge is -2.27. The third-order valence-electron chi connectivity index (χ3n) is 3.24. The minimum atomic E-state index is -3.26. The molecule has 0 unspecified atom stereocenters. The number of hydrogen-bond acceptors (Lipinski definition) is 5. The number of hydrogen-bond donors (Lipinski definition) is 1. The van der Waals surface area contributed by atoms with E-state index in [0.717, 1.165) is 38.3 Å². The second-order valence-electron chi connectivity index (χ2n) is 4.78. The van der Waals surface area contributed by atoms with Crippen LogP contribution < -0.4 is 10.1 Å². The molecule has 1 N–H and O–H groups in total. The SMILES string of the molecule is COc1ccc(CN2CCNCC2)cc1S(C)(=O)=O. The molecule has 0 radical (unpaired) electrons. The number of rotatable bonds is 4. The summed E-state index contributed by atoms with van der Waals surface area (Å²) in [6, 6.07) is 5.37. The van der Waals surface area contributed by atoms with Crippen molar-refractivity contribution in [2.75, 3.05) is 39.5 Å². The lowest BCUT2D eigenvalue weighted by Crippen LogP contribution is -2.42. The predicted molar refractivity (Wildman–Crippen MR) is 74.3 cm³/mol. The summed E-state index contributed by atoms with van der Waals surface area (Å²) in [5.41, 5.74) is 1.00. The third-order valence-corrected chi connectivity index (χ3v) is 4.36. The molecule has 0 spiro atoms. The second-order valence-corrected chi connectivity index (χ2v) is 6.77. The minimum absolute atomic E-state index is 0.266. The first-order valence-corrected chi connectivity index (χ1v) is 8.20. The van der Waals surface area contributed by atoms with Gasteiger partial charge >= 0.3 is 0 Å². The Morgan fingerprint density at radius 1 is 1.32 bits per heavy atom. The maximum atomic E-state index is 11.8. The molecule has 5 nitrogen and oxygen atoms in total. The van der Waals surface area contributed by atoms with Gasteiger partial charge in [-0.15, -0.1) is 0 Å². The van der Waals surface area contributed by atoms with Gasteiger partial charge in [0, 0.05) is 39.0 Å². The number of sulfone groups is 1. The van der Waals surface area contributed by atoms with Gasteiger partial charge in [-0.3, -0.25) is 4.90 Å². The van der Waals surface area contributed by atoms with E-state index in [1.807, 2.05) is 6.07 Å². The summed E-state index contributed by atoms with van der Waals surface area (Å²) < 4.78 is 28.6. The van der Waals surface area contributed by atoms with Gasteiger partial charge in [-0.25, -0.2) is 8.42 Å². The van der Waals surface area contributed by atoms with E-state index in [1.165, 1.54) is 13.4 Å². The number of benzene rings is 1. The molecule has 106 valence electrons. The van der Waals surface area contributed by atoms with Crippen molar-refractivity contribution in [2.24, 2.45) is 0 Å². The molecular weight excluding hydrogens is 264 g/mol. The van der Waals surface area contributed by atoms with Gasteiger partial charge in [0.05, 0.1) is 7.11 Å². The van der Waals surface area contributed by atoms with Crippen molar-refractivity contribution in [3.63, 3.8) is 0 Å². The van der Waals surface area contributed by atoms with Gasteiger partial charge in [0.15, 0.2) is 9.84 Å². The summed E-state index contributed by atoms with van der Waals surface area (Å²) in [7, 11) is -1.78. The van der Waals surface area contributed by atoms with Crippen molar-refractivity contribution in [3.05, 3.63) is 23.8 Å². The fraction of sp³-hybridized carbons (Fsp3) is 0.538. The topological polar surface area (TPSA) is 58.6 Å². The van der Waals surface area contributed by atoms with Crippen molar-refractivity contribution < 1.29 is 13.2 Å². The molecule has 1 aromatic carbocycles. The fourth-order valence-electron chi connectivity index (χ4n) is 2.24. The van der Waals surface area contributed by atoms with Crippen LogP contribution >= 0.6 is 0 Å². The molecule has 1 fully saturated rings. The van der Waals surface area contributed by atoms with Gasteiger partial charge in [0.2, 0.25) is 0 Å². The summed E-state index contributed by atoms with van der Waals surface area (Å²) in [4.78, 5) is 2.58. The van der Waals surface area contributed by atoms with Gasteiger partial charge in [0.25, 0.3) is 0 Å². The van der Waals surface area contributed by atoms with Gasteiger partial charge in [-0.05, 0) is 17.7 Å². The van der Waals surface area contributed by atoms with Gasteiger partial charge in [0.1, 0.15) is 10.6 Å². The van der Waals surface area contributed by atoms with E-state index in [9.17, 15) is 8.42 Å². The van der Waals surface area contributed by atoms with Crippen LogP contribution in [0.5, 0.6) is 5.75 Å². The Labute approximate surface area is 114 Å². The Kier molecular flexibility index (Phi) is 4.44. The zero-order valence-corrected chi connectivity index (χ0v) is 12.2. The van der Waals surface area contributed by atoms with Crippen molar-refractivity contribution in [2.45, 2.75) is 11.4 Å². The van der Waals surface area contributed by atoms with E-state index in [4.69, 9.17) is 4.74 Å². The summed E-state index contributed by atoms with van der Waals surface area (Å²) in [6.45, 7) is 4.71. The Morgan fingerprint density at radius 3 is 2.58 bits per heavy atom. The summed E-state index contributed by atoms with van der Waals surface area (Å²) >= 11 is 0. The molecule has 0 aliphatic carbocycles. The highest BCUT2D eigenvalue weighted by Crippen LogP contribution is 2.25. The standard InChI is InChI=1S/C13H20N2O3S/c1-18-12-4-3-11(9-13(12)19(2,16)17)10-15-7-5-14-6-8-15/h3-4,9,14H,5-8,10H2,1-2H3. The maximum absolute atomic E-state index is 11.8. The molecule has 19 heavy (non-hydrogen) atoms. The predicted octanol–water partition coefficient (Wildman–Crippen LogP) is 0.504. The van der Waals surface area contributed by atoms with Crippen LogP contribution in [-0.2, 0) is 16.4 Å². The highest BCUT2D eigenvalue weighted by molar-refractivity contribution is 7.90. The molecule has 0 aromatic heterocycles. The largest absolute Gasteiger partial charge is 0.495 e. The molecule has 0 amide bonds. The Morgan fingerprint density at radius 2 is 2.00 bits per heavy atom. The molecule has 1 heterocycles. The van der Waals surface area contributed by atoms with Crippen molar-refractivity contribution in [3.8, 4) is 5.75 Å². The van der Waals surface area contributed by atoms with E-state index >= 15 is 0 Å². The minimum Gasteiger partial charge on any atom is -0.495 e. The van der Waals surface area contributed by atoms with E-state index in [2.05, 4.69) is 10.2 Å². The highest BCUT2D eigenvalue weighted by atomic mass is 32.2. The number of nitrogens with zero attached hydrogens (tertiary/aromatic N) is 1. The zero-order valence-electron chi connectivity index (χ0n) is 11.3. The average molecular weight is 284 g/mol. The van der Waals surface area contributed by atoms with Crippen LogP contribution in [0.2, 0.25) is 0 Å². The normalized spacial score (nSPS) is 17.4. The van der Waals surface area contributed by atoms with Crippen LogP contribution in [0.3, 0.4) is 0 Å². The van der Waals surface area contributed by atoms with Crippen LogP contribution in [0.1, 0.15) is 5.56 Å². The van der Waals surface area contributed by atoms with Crippen LogP contribution in [-0.4, -0.2) is 52.9 Å². The van der Waals surface area contributed by atoms with Crippen LogP contribution in [0, 0.1) is 0 Å². The molecule has 2 rings (SSSR count). The summed E-state index contributed by atoms with van der Waals surface area (Å²) in [5, 5.41) is 3.30. The van der Waals surface area contributed by atoms with Crippen molar-refractivity contribution in [1.82, 2.24) is 10.2 Å². The Bertz CT molecular complexity index is 537. The molecule has 1 aliphatic rings. The van der Waals surface area contributed by atoms with Gasteiger partial charge in [-0.1, -0.05) is 6.07 Å². The smallest absolute Gasteiger partial charge is 0.179 e. The van der Waals surface area contributed by atoms with E-state index < -0.39 is 9.84 Å². The van der Waals surface area contributed by atoms with Crippen LogP contribution in [0.4, 0.5) is 0 Å². The number of methoxy groups -OCH3 is 1. The third kappa shape index (κ3) is 3.68. The van der Waals surface area contributed by atoms with Gasteiger partial charge in [-0.2, -0.15) is 0 Å². The molecule has 1 aliphatic heterocycles. The molecular formula is C13H20N2O3S. The second kappa shape index (κ2) is 5.90. The van der Waals surface area contributed by atoms with E-state index in [0.29, 0.717) is 5.75 Å². The number of piperazine rings is 1. The van der Waals surface area contributed by atoms with Crippen molar-refractivity contribution >= 4 is 9.84 Å². The lowest BCUT2D eigenvalue weighted by molar-refractivity contribution is 0.233. The lowest BCUT2D eigenvalue weighted by atomic mass is 10.2. The monoisotopic (exact) mass is 284 g/mol. The van der Waals surface area contributed by atoms with Gasteiger partial charge < -0.3 is 10.1 Å². The zero-order chi connectivity index (χ0) is 13.9. The van der Waals surface area contributed by atoms with Crippen molar-refractivity contribution in [1.29, 1.82) is 0 Å². The number of ether oxygens (including phenoxy) is 1. The highest BCUT2D eigenvalue weighted by Gasteiger charge is 2.16. The quantitative estimate of drug-likeness (QED) is 0.873. The van der Waals surface area contributed by atoms with E-state index in [-0.39, 0.29) is 4.90 Å². The van der Waals surface area contributed by atoms with Crippen LogP contribution in [0.15, 0.2) is 23.1 Å². The molecule has 0 atom stereocenters. The first kappa shape index (κ1) is 14.3. The van der Waals surface area contributed by atoms with E-state index in [1.54, 1.807) is 12.1 Å². The fourth-order valence-corrected chi connectivity index (χ4v) is 3.12. The summed E-state index contributed by atoms with van der Waals surface area (Å²) in [5.74, 6) is 0.409. The maximum Gasteiger partial charge on any atom is 0.179 e. The first-order valence-electron chi connectivity index (χ1n) is 6.31. The Hall–Kier alpha value is -1.11.